The molecule has 4 rings (SSSR count). The second-order valence-electron chi connectivity index (χ2n) is 6.05. The van der Waals surface area contributed by atoms with Crippen molar-refractivity contribution >= 4 is 60.7 Å². The van der Waals surface area contributed by atoms with E-state index >= 15 is 0 Å². The summed E-state index contributed by atoms with van der Waals surface area (Å²) in [6.45, 7) is 0.538. The molecule has 0 saturated heterocycles. The third kappa shape index (κ3) is 3.73. The van der Waals surface area contributed by atoms with Gasteiger partial charge in [-0.1, -0.05) is 30.0 Å². The topological polar surface area (TPSA) is 117 Å². The molecule has 4 N–H and O–H groups in total. The first kappa shape index (κ1) is 18.1. The molecule has 1 amide bonds. The molecule has 1 aromatic carbocycles. The maximum absolute atomic E-state index is 12.5. The number of thiophene rings is 1. The molecule has 1 aliphatic heterocycles. The highest BCUT2D eigenvalue weighted by Gasteiger charge is 2.24. The molecule has 3 aromatic rings. The first-order valence-corrected chi connectivity index (χ1v) is 11.3. The minimum Gasteiger partial charge on any atom is -0.370 e. The number of nitrogens with two attached hydrogens (primary N) is 1. The lowest BCUT2D eigenvalue weighted by atomic mass is 10.2. The Morgan fingerprint density at radius 3 is 2.93 bits per heavy atom. The third-order valence-electron chi connectivity index (χ3n) is 4.04. The van der Waals surface area contributed by atoms with E-state index in [1.54, 1.807) is 29.6 Å². The number of anilines is 1. The zero-order valence-electron chi connectivity index (χ0n) is 14.0. The number of para-hydroxylation sites is 1. The first-order valence-electron chi connectivity index (χ1n) is 8.10. The number of amides is 1. The smallest absolute Gasteiger partial charge is 0.271 e. The summed E-state index contributed by atoms with van der Waals surface area (Å²) in [6, 6.07) is 10.6. The molecular weight excluding hydrogens is 404 g/mol. The van der Waals surface area contributed by atoms with Crippen LogP contribution in [0.4, 0.5) is 5.69 Å². The van der Waals surface area contributed by atoms with Crippen LogP contribution in [0.15, 0.2) is 51.0 Å². The summed E-state index contributed by atoms with van der Waals surface area (Å²) in [5, 5.41) is 3.43. The lowest BCUT2D eigenvalue weighted by Gasteiger charge is -2.07. The number of carbonyl (C=O) groups excluding carboxylic acids is 1. The Balaban J connectivity index is 1.63. The molecule has 0 saturated carbocycles. The number of primary amides is 1. The number of sulfonamides is 1. The van der Waals surface area contributed by atoms with Crippen LogP contribution in [0.2, 0.25) is 0 Å². The standard InChI is InChI=1S/C17H16N4O3S3/c18-14(22)8-11-9-19-17(26-11)13-7-10-3-1-4-12(16(10)20-13)21-27(23,24)15-5-2-6-25-15/h1-7,11,20-21H,8-9H2,(H2,18,22). The number of aromatic amines is 1. The second kappa shape index (κ2) is 7.02. The van der Waals surface area contributed by atoms with Gasteiger partial charge in [0.15, 0.2) is 0 Å². The van der Waals surface area contributed by atoms with Crippen molar-refractivity contribution in [3.8, 4) is 0 Å². The van der Waals surface area contributed by atoms with Gasteiger partial charge in [0, 0.05) is 17.1 Å². The molecule has 1 unspecified atom stereocenters. The largest absolute Gasteiger partial charge is 0.370 e. The van der Waals surface area contributed by atoms with Gasteiger partial charge in [-0.05, 0) is 23.6 Å². The number of H-pyrrole nitrogens is 1. The highest BCUT2D eigenvalue weighted by atomic mass is 32.2. The predicted molar refractivity (Wildman–Crippen MR) is 110 cm³/mol. The van der Waals surface area contributed by atoms with E-state index in [1.807, 2.05) is 12.1 Å². The molecule has 7 nitrogen and oxygen atoms in total. The van der Waals surface area contributed by atoms with Crippen molar-refractivity contribution in [2.75, 3.05) is 11.3 Å². The average Bonchev–Trinajstić information content (AvgIpc) is 3.34. The number of thioether (sulfide) groups is 1. The minimum atomic E-state index is -3.63. The highest BCUT2D eigenvalue weighted by molar-refractivity contribution is 8.15. The van der Waals surface area contributed by atoms with Gasteiger partial charge in [-0.25, -0.2) is 8.42 Å². The summed E-state index contributed by atoms with van der Waals surface area (Å²) in [7, 11) is -3.63. The number of hydrogen-bond acceptors (Lipinski definition) is 6. The molecule has 27 heavy (non-hydrogen) atoms. The van der Waals surface area contributed by atoms with Gasteiger partial charge in [-0.2, -0.15) is 0 Å². The first-order chi connectivity index (χ1) is 12.9. The maximum Gasteiger partial charge on any atom is 0.271 e. The van der Waals surface area contributed by atoms with E-state index in [1.165, 1.54) is 11.8 Å². The normalized spacial score (nSPS) is 17.2. The van der Waals surface area contributed by atoms with E-state index in [0.717, 1.165) is 27.5 Å². The van der Waals surface area contributed by atoms with Gasteiger partial charge < -0.3 is 10.7 Å². The number of hydrogen-bond donors (Lipinski definition) is 3. The quantitative estimate of drug-likeness (QED) is 0.568. The van der Waals surface area contributed by atoms with Gasteiger partial charge in [0.25, 0.3) is 10.0 Å². The molecule has 1 aliphatic rings. The van der Waals surface area contributed by atoms with Gasteiger partial charge in [-0.15, -0.1) is 11.3 Å². The Morgan fingerprint density at radius 2 is 2.19 bits per heavy atom. The lowest BCUT2D eigenvalue weighted by molar-refractivity contribution is -0.117. The van der Waals surface area contributed by atoms with Crippen molar-refractivity contribution in [1.29, 1.82) is 0 Å². The Bertz CT molecular complexity index is 1130. The number of nitrogens with zero attached hydrogens (tertiary/aromatic N) is 1. The number of aliphatic imine (C=N–C) groups is 1. The Kier molecular flexibility index (Phi) is 4.70. The van der Waals surface area contributed by atoms with Crippen LogP contribution in [0.3, 0.4) is 0 Å². The summed E-state index contributed by atoms with van der Waals surface area (Å²) in [5.41, 5.74) is 7.22. The number of fused-ring (bicyclic) bond motifs is 1. The number of nitrogens with one attached hydrogen (secondary N) is 2. The number of rotatable bonds is 6. The van der Waals surface area contributed by atoms with Crippen molar-refractivity contribution in [3.05, 3.63) is 47.5 Å². The Hall–Kier alpha value is -2.30. The van der Waals surface area contributed by atoms with Crippen LogP contribution in [-0.2, 0) is 14.8 Å². The second-order valence-corrected chi connectivity index (χ2v) is 10.2. The molecule has 140 valence electrons. The zero-order chi connectivity index (χ0) is 19.0. The van der Waals surface area contributed by atoms with Crippen LogP contribution in [0.25, 0.3) is 10.9 Å². The van der Waals surface area contributed by atoms with Gasteiger partial charge in [0.1, 0.15) is 9.25 Å². The van der Waals surface area contributed by atoms with Gasteiger partial charge in [-0.3, -0.25) is 14.5 Å². The predicted octanol–water partition coefficient (Wildman–Crippen LogP) is 2.77. The van der Waals surface area contributed by atoms with E-state index in [-0.39, 0.29) is 21.8 Å². The lowest BCUT2D eigenvalue weighted by Crippen LogP contribution is -2.18. The molecule has 3 heterocycles. The molecular formula is C17H16N4O3S3. The van der Waals surface area contributed by atoms with E-state index < -0.39 is 10.0 Å². The molecule has 1 atom stereocenters. The van der Waals surface area contributed by atoms with Crippen molar-refractivity contribution in [1.82, 2.24) is 4.98 Å². The SMILES string of the molecule is NC(=O)CC1CN=C(c2cc3cccc(NS(=O)(=O)c4cccs4)c3[nH]2)S1. The monoisotopic (exact) mass is 420 g/mol. The molecule has 0 radical (unpaired) electrons. The third-order valence-corrected chi connectivity index (χ3v) is 8.02. The summed E-state index contributed by atoms with van der Waals surface area (Å²) in [6.07, 6.45) is 0.282. The van der Waals surface area contributed by atoms with Gasteiger partial charge in [0.2, 0.25) is 5.91 Å². The van der Waals surface area contributed by atoms with E-state index in [4.69, 9.17) is 5.73 Å². The van der Waals surface area contributed by atoms with Crippen LogP contribution >= 0.6 is 23.1 Å². The summed E-state index contributed by atoms with van der Waals surface area (Å²) in [5.74, 6) is -0.342. The van der Waals surface area contributed by atoms with E-state index in [2.05, 4.69) is 14.7 Å². The number of carbonyl (C=O) groups is 1. The van der Waals surface area contributed by atoms with Crippen LogP contribution in [-0.4, -0.2) is 36.1 Å². The van der Waals surface area contributed by atoms with Crippen LogP contribution in [0.1, 0.15) is 12.1 Å². The molecule has 0 aliphatic carbocycles. The summed E-state index contributed by atoms with van der Waals surface area (Å²) >= 11 is 2.67. The number of benzene rings is 1. The molecule has 0 bridgehead atoms. The van der Waals surface area contributed by atoms with E-state index in [0.29, 0.717) is 17.7 Å². The van der Waals surface area contributed by atoms with Crippen molar-refractivity contribution < 1.29 is 13.2 Å². The fourth-order valence-electron chi connectivity index (χ4n) is 2.86. The zero-order valence-corrected chi connectivity index (χ0v) is 16.5. The fraction of sp³-hybridized carbons (Fsp3) is 0.176. The van der Waals surface area contributed by atoms with E-state index in [9.17, 15) is 13.2 Å². The van der Waals surface area contributed by atoms with Crippen LogP contribution < -0.4 is 10.5 Å². The minimum absolute atomic E-state index is 0.0423. The van der Waals surface area contributed by atoms with Gasteiger partial charge >= 0.3 is 0 Å². The fourth-order valence-corrected chi connectivity index (χ4v) is 6.03. The Morgan fingerprint density at radius 1 is 1.33 bits per heavy atom. The van der Waals surface area contributed by atoms with Crippen molar-refractivity contribution in [2.24, 2.45) is 10.7 Å². The van der Waals surface area contributed by atoms with Crippen molar-refractivity contribution in [2.45, 2.75) is 15.9 Å². The molecule has 2 aromatic heterocycles. The van der Waals surface area contributed by atoms with Crippen LogP contribution in [0.5, 0.6) is 0 Å². The summed E-state index contributed by atoms with van der Waals surface area (Å²) < 4.78 is 28.0. The highest BCUT2D eigenvalue weighted by Crippen LogP contribution is 2.32. The summed E-state index contributed by atoms with van der Waals surface area (Å²) in [4.78, 5) is 18.8. The van der Waals surface area contributed by atoms with Gasteiger partial charge in [0.05, 0.1) is 23.4 Å². The van der Waals surface area contributed by atoms with Crippen LogP contribution in [0, 0.1) is 0 Å². The van der Waals surface area contributed by atoms with Crippen molar-refractivity contribution in [3.63, 3.8) is 0 Å². The molecule has 10 heteroatoms. The Labute approximate surface area is 164 Å². The maximum atomic E-state index is 12.5. The average molecular weight is 421 g/mol. The number of aromatic nitrogens is 1. The molecule has 0 fully saturated rings. The molecule has 0 spiro atoms.